The summed E-state index contributed by atoms with van der Waals surface area (Å²) < 4.78 is 10.9. The van der Waals surface area contributed by atoms with E-state index in [1.807, 2.05) is 29.2 Å². The van der Waals surface area contributed by atoms with Gasteiger partial charge in [-0.2, -0.15) is 0 Å². The molecule has 2 aromatic carbocycles. The quantitative estimate of drug-likeness (QED) is 0.242. The molecule has 0 bridgehead atoms. The van der Waals surface area contributed by atoms with Crippen molar-refractivity contribution in [2.45, 2.75) is 71.9 Å². The van der Waals surface area contributed by atoms with Crippen molar-refractivity contribution in [1.29, 1.82) is 0 Å². The Morgan fingerprint density at radius 2 is 1.59 bits per heavy atom. The van der Waals surface area contributed by atoms with Crippen molar-refractivity contribution < 1.29 is 19.1 Å². The fraction of sp³-hybridized carbons (Fsp3) is 0.481. The van der Waals surface area contributed by atoms with Crippen LogP contribution in [0.25, 0.3) is 0 Å². The molecule has 0 aliphatic heterocycles. The summed E-state index contributed by atoms with van der Waals surface area (Å²) >= 11 is 5.95. The van der Waals surface area contributed by atoms with Crippen LogP contribution in [0.15, 0.2) is 48.5 Å². The third kappa shape index (κ3) is 9.26. The molecule has 0 aliphatic rings. The second kappa shape index (κ2) is 13.9. The van der Waals surface area contributed by atoms with Gasteiger partial charge in [-0.15, -0.1) is 0 Å². The number of esters is 1. The maximum absolute atomic E-state index is 13.0. The first-order valence-corrected chi connectivity index (χ1v) is 12.4. The first-order valence-electron chi connectivity index (χ1n) is 12.0. The molecule has 2 aromatic rings. The zero-order chi connectivity index (χ0) is 25.0. The molecule has 0 fully saturated rings. The summed E-state index contributed by atoms with van der Waals surface area (Å²) in [5.74, 6) is 0.158. The third-order valence-electron chi connectivity index (χ3n) is 5.35. The Labute approximate surface area is 208 Å². The number of carbonyl (C=O) groups is 2. The zero-order valence-corrected chi connectivity index (χ0v) is 21.5. The van der Waals surface area contributed by atoms with Crippen LogP contribution in [0.2, 0.25) is 5.02 Å². The fourth-order valence-corrected chi connectivity index (χ4v) is 3.54. The molecule has 0 saturated heterocycles. The van der Waals surface area contributed by atoms with Crippen LogP contribution in [0.1, 0.15) is 65.4 Å². The molecule has 1 N–H and O–H groups in total. The van der Waals surface area contributed by atoms with Crippen molar-refractivity contribution in [3.05, 3.63) is 59.1 Å². The number of amides is 2. The number of urea groups is 1. The largest absolute Gasteiger partial charge is 0.476 e. The number of halogens is 1. The van der Waals surface area contributed by atoms with E-state index < -0.39 is 11.6 Å². The summed E-state index contributed by atoms with van der Waals surface area (Å²) in [4.78, 5) is 26.9. The molecule has 7 heteroatoms. The number of anilines is 1. The second-order valence-corrected chi connectivity index (χ2v) is 9.19. The van der Waals surface area contributed by atoms with Gasteiger partial charge in [0.2, 0.25) is 0 Å². The van der Waals surface area contributed by atoms with E-state index in [4.69, 9.17) is 21.1 Å². The average molecular weight is 489 g/mol. The molecule has 186 valence electrons. The Bertz CT molecular complexity index is 898. The molecule has 0 unspecified atom stereocenters. The van der Waals surface area contributed by atoms with Crippen LogP contribution in [0.5, 0.6) is 5.75 Å². The van der Waals surface area contributed by atoms with Crippen molar-refractivity contribution in [2.24, 2.45) is 0 Å². The van der Waals surface area contributed by atoms with Crippen molar-refractivity contribution >= 4 is 29.3 Å². The third-order valence-corrected chi connectivity index (χ3v) is 5.60. The molecule has 0 heterocycles. The fourth-order valence-electron chi connectivity index (χ4n) is 3.42. The Morgan fingerprint density at radius 3 is 2.21 bits per heavy atom. The SMILES string of the molecule is CCCCCCCN(Cc1ccc(OC(C)(C)C(=O)OCC)cc1)C(=O)Nc1ccc(Cl)cc1. The number of nitrogens with zero attached hydrogens (tertiary/aromatic N) is 1. The Morgan fingerprint density at radius 1 is 0.941 bits per heavy atom. The minimum atomic E-state index is -1.08. The van der Waals surface area contributed by atoms with Crippen LogP contribution < -0.4 is 10.1 Å². The predicted molar refractivity (Wildman–Crippen MR) is 137 cm³/mol. The monoisotopic (exact) mass is 488 g/mol. The molecule has 6 nitrogen and oxygen atoms in total. The van der Waals surface area contributed by atoms with Gasteiger partial charge in [0.05, 0.1) is 6.61 Å². The lowest BCUT2D eigenvalue weighted by Gasteiger charge is -2.25. The minimum absolute atomic E-state index is 0.151. The van der Waals surface area contributed by atoms with Crippen molar-refractivity contribution in [3.63, 3.8) is 0 Å². The van der Waals surface area contributed by atoms with Gasteiger partial charge in [-0.05, 0) is 69.2 Å². The van der Waals surface area contributed by atoms with Crippen LogP contribution >= 0.6 is 11.6 Å². The average Bonchev–Trinajstić information content (AvgIpc) is 2.80. The number of unbranched alkanes of at least 4 members (excludes halogenated alkanes) is 4. The highest BCUT2D eigenvalue weighted by atomic mass is 35.5. The van der Waals surface area contributed by atoms with Gasteiger partial charge in [0.15, 0.2) is 5.60 Å². The van der Waals surface area contributed by atoms with E-state index in [2.05, 4.69) is 12.2 Å². The summed E-state index contributed by atoms with van der Waals surface area (Å²) in [7, 11) is 0. The first kappa shape index (κ1) is 27.5. The molecule has 2 rings (SSSR count). The lowest BCUT2D eigenvalue weighted by atomic mass is 10.1. The standard InChI is InChI=1S/C27H37ClN2O4/c1-5-7-8-9-10-19-30(26(32)29-23-15-13-22(28)14-16-23)20-21-11-17-24(18-12-21)34-27(3,4)25(31)33-6-2/h11-18H,5-10,19-20H2,1-4H3,(H,29,32). The summed E-state index contributed by atoms with van der Waals surface area (Å²) in [6.07, 6.45) is 5.60. The number of rotatable bonds is 13. The van der Waals surface area contributed by atoms with Crippen LogP contribution in [0.3, 0.4) is 0 Å². The summed E-state index contributed by atoms with van der Waals surface area (Å²) in [5, 5.41) is 3.58. The van der Waals surface area contributed by atoms with Crippen LogP contribution in [0, 0.1) is 0 Å². The molecule has 34 heavy (non-hydrogen) atoms. The molecule has 0 aliphatic carbocycles. The lowest BCUT2D eigenvalue weighted by Crippen LogP contribution is -2.39. The van der Waals surface area contributed by atoms with Gasteiger partial charge in [-0.1, -0.05) is 56.3 Å². The Balaban J connectivity index is 2.04. The lowest BCUT2D eigenvalue weighted by molar-refractivity contribution is -0.158. The molecule has 0 saturated carbocycles. The predicted octanol–water partition coefficient (Wildman–Crippen LogP) is 7.07. The Kier molecular flexibility index (Phi) is 11.2. The zero-order valence-electron chi connectivity index (χ0n) is 20.7. The van der Waals surface area contributed by atoms with E-state index in [9.17, 15) is 9.59 Å². The number of carbonyl (C=O) groups excluding carboxylic acids is 2. The van der Waals surface area contributed by atoms with E-state index in [-0.39, 0.29) is 6.03 Å². The molecular weight excluding hydrogens is 452 g/mol. The smallest absolute Gasteiger partial charge is 0.349 e. The number of nitrogens with one attached hydrogen (secondary N) is 1. The van der Waals surface area contributed by atoms with Gasteiger partial charge in [0.25, 0.3) is 0 Å². The van der Waals surface area contributed by atoms with Gasteiger partial charge >= 0.3 is 12.0 Å². The van der Waals surface area contributed by atoms with Crippen LogP contribution in [0.4, 0.5) is 10.5 Å². The maximum Gasteiger partial charge on any atom is 0.349 e. The molecule has 0 aromatic heterocycles. The molecule has 2 amide bonds. The topological polar surface area (TPSA) is 67.9 Å². The van der Waals surface area contributed by atoms with Crippen LogP contribution in [-0.4, -0.2) is 35.7 Å². The highest BCUT2D eigenvalue weighted by Gasteiger charge is 2.31. The molecule has 0 spiro atoms. The first-order chi connectivity index (χ1) is 16.2. The molecular formula is C27H37ClN2O4. The van der Waals surface area contributed by atoms with E-state index in [0.29, 0.717) is 36.2 Å². The van der Waals surface area contributed by atoms with E-state index >= 15 is 0 Å². The number of ether oxygens (including phenoxy) is 2. The van der Waals surface area contributed by atoms with Gasteiger partial charge in [0.1, 0.15) is 5.75 Å². The van der Waals surface area contributed by atoms with Gasteiger partial charge in [-0.3, -0.25) is 0 Å². The summed E-state index contributed by atoms with van der Waals surface area (Å²) in [5.41, 5.74) is 0.594. The number of hydrogen-bond donors (Lipinski definition) is 1. The van der Waals surface area contributed by atoms with Crippen molar-refractivity contribution in [3.8, 4) is 5.75 Å². The number of hydrogen-bond acceptors (Lipinski definition) is 4. The minimum Gasteiger partial charge on any atom is -0.476 e. The maximum atomic E-state index is 13.0. The van der Waals surface area contributed by atoms with E-state index in [1.165, 1.54) is 19.3 Å². The highest BCUT2D eigenvalue weighted by molar-refractivity contribution is 6.30. The normalized spacial score (nSPS) is 11.1. The van der Waals surface area contributed by atoms with Crippen molar-refractivity contribution in [1.82, 2.24) is 4.90 Å². The summed E-state index contributed by atoms with van der Waals surface area (Å²) in [6.45, 7) is 8.75. The van der Waals surface area contributed by atoms with Gasteiger partial charge < -0.3 is 19.7 Å². The van der Waals surface area contributed by atoms with Gasteiger partial charge in [0, 0.05) is 23.8 Å². The molecule has 0 radical (unpaired) electrons. The van der Waals surface area contributed by atoms with E-state index in [1.54, 1.807) is 45.0 Å². The second-order valence-electron chi connectivity index (χ2n) is 8.75. The molecule has 0 atom stereocenters. The summed E-state index contributed by atoms with van der Waals surface area (Å²) in [6, 6.07) is 14.4. The highest BCUT2D eigenvalue weighted by Crippen LogP contribution is 2.21. The number of benzene rings is 2. The van der Waals surface area contributed by atoms with E-state index in [0.717, 1.165) is 18.4 Å². The Hall–Kier alpha value is -2.73. The van der Waals surface area contributed by atoms with Crippen LogP contribution in [-0.2, 0) is 16.1 Å². The van der Waals surface area contributed by atoms with Crippen molar-refractivity contribution in [2.75, 3.05) is 18.5 Å². The van der Waals surface area contributed by atoms with Gasteiger partial charge in [-0.25, -0.2) is 9.59 Å².